The van der Waals surface area contributed by atoms with E-state index in [4.69, 9.17) is 4.74 Å². The van der Waals surface area contributed by atoms with Crippen molar-refractivity contribution < 1.29 is 23.1 Å². The van der Waals surface area contributed by atoms with Gasteiger partial charge >= 0.3 is 6.09 Å². The second kappa shape index (κ2) is 4.98. The quantitative estimate of drug-likeness (QED) is 0.897. The molecule has 2 aliphatic heterocycles. The average molecular weight is 296 g/mol. The van der Waals surface area contributed by atoms with Crippen LogP contribution in [0.2, 0.25) is 0 Å². The van der Waals surface area contributed by atoms with E-state index in [1.54, 1.807) is 24.3 Å². The van der Waals surface area contributed by atoms with Crippen LogP contribution in [0.15, 0.2) is 30.3 Å². The molecule has 0 aliphatic carbocycles. The molecule has 0 aromatic heterocycles. The van der Waals surface area contributed by atoms with Crippen LogP contribution >= 0.6 is 0 Å². The SMILES string of the molecule is O=C1NC[C@@H]2[C@H]1N(C(=O)OCc1ccccc1)CC2(F)F. The van der Waals surface area contributed by atoms with E-state index in [9.17, 15) is 18.4 Å². The summed E-state index contributed by atoms with van der Waals surface area (Å²) in [6.45, 7) is -0.900. The van der Waals surface area contributed by atoms with Gasteiger partial charge in [0, 0.05) is 6.54 Å². The number of carbonyl (C=O) groups is 2. The van der Waals surface area contributed by atoms with Crippen molar-refractivity contribution in [1.29, 1.82) is 0 Å². The molecular weight excluding hydrogens is 282 g/mol. The Kier molecular flexibility index (Phi) is 3.27. The van der Waals surface area contributed by atoms with E-state index < -0.39 is 36.4 Å². The fourth-order valence-electron chi connectivity index (χ4n) is 2.77. The monoisotopic (exact) mass is 296 g/mol. The molecule has 2 atom stereocenters. The second-order valence-corrected chi connectivity index (χ2v) is 5.23. The molecule has 1 aromatic rings. The van der Waals surface area contributed by atoms with Crippen LogP contribution in [0.25, 0.3) is 0 Å². The lowest BCUT2D eigenvalue weighted by Crippen LogP contribution is -2.42. The Hall–Kier alpha value is -2.18. The van der Waals surface area contributed by atoms with Crippen LogP contribution in [0.3, 0.4) is 0 Å². The number of likely N-dealkylation sites (tertiary alicyclic amines) is 1. The Balaban J connectivity index is 1.68. The largest absolute Gasteiger partial charge is 0.445 e. The Morgan fingerprint density at radius 1 is 1.38 bits per heavy atom. The van der Waals surface area contributed by atoms with Crippen LogP contribution in [0.1, 0.15) is 5.56 Å². The zero-order valence-electron chi connectivity index (χ0n) is 11.1. The fraction of sp³-hybridized carbons (Fsp3) is 0.429. The number of carbonyl (C=O) groups excluding carboxylic acids is 2. The molecule has 1 N–H and O–H groups in total. The summed E-state index contributed by atoms with van der Waals surface area (Å²) in [5, 5.41) is 2.37. The van der Waals surface area contributed by atoms with Crippen LogP contribution in [-0.2, 0) is 16.1 Å². The summed E-state index contributed by atoms with van der Waals surface area (Å²) in [7, 11) is 0. The van der Waals surface area contributed by atoms with Gasteiger partial charge in [-0.05, 0) is 5.56 Å². The first-order valence-corrected chi connectivity index (χ1v) is 6.62. The normalized spacial score (nSPS) is 26.4. The molecule has 1 aromatic carbocycles. The van der Waals surface area contributed by atoms with Crippen molar-refractivity contribution in [3.05, 3.63) is 35.9 Å². The van der Waals surface area contributed by atoms with Crippen LogP contribution in [-0.4, -0.2) is 42.0 Å². The van der Waals surface area contributed by atoms with Crippen LogP contribution < -0.4 is 5.32 Å². The number of hydrogen-bond donors (Lipinski definition) is 1. The lowest BCUT2D eigenvalue weighted by atomic mass is 10.0. The molecule has 21 heavy (non-hydrogen) atoms. The molecule has 5 nitrogen and oxygen atoms in total. The maximum Gasteiger partial charge on any atom is 0.411 e. The molecule has 7 heteroatoms. The summed E-state index contributed by atoms with van der Waals surface area (Å²) in [6, 6.07) is 7.78. The fourth-order valence-corrected chi connectivity index (χ4v) is 2.77. The van der Waals surface area contributed by atoms with Crippen molar-refractivity contribution >= 4 is 12.0 Å². The molecule has 2 heterocycles. The van der Waals surface area contributed by atoms with Gasteiger partial charge in [-0.2, -0.15) is 0 Å². The number of nitrogens with zero attached hydrogens (tertiary/aromatic N) is 1. The maximum atomic E-state index is 13.8. The predicted octanol–water partition coefficient (Wildman–Crippen LogP) is 1.39. The number of amides is 2. The molecule has 0 saturated carbocycles. The van der Waals surface area contributed by atoms with Gasteiger partial charge in [0.25, 0.3) is 5.92 Å². The average Bonchev–Trinajstić information content (AvgIpc) is 2.97. The van der Waals surface area contributed by atoms with E-state index in [2.05, 4.69) is 5.32 Å². The van der Waals surface area contributed by atoms with E-state index in [1.165, 1.54) is 0 Å². The summed E-state index contributed by atoms with van der Waals surface area (Å²) in [4.78, 5) is 24.5. The Morgan fingerprint density at radius 3 is 2.81 bits per heavy atom. The molecule has 2 saturated heterocycles. The highest BCUT2D eigenvalue weighted by Gasteiger charge is 2.61. The molecule has 2 amide bonds. The standard InChI is InChI=1S/C14H14F2N2O3/c15-14(16)8-18(11-10(14)6-17-12(11)19)13(20)21-7-9-4-2-1-3-5-9/h1-5,10-11H,6-8H2,(H,17,19)/t10-,11-/m1/s1. The van der Waals surface area contributed by atoms with E-state index in [0.29, 0.717) is 0 Å². The van der Waals surface area contributed by atoms with Crippen molar-refractivity contribution in [2.24, 2.45) is 5.92 Å². The van der Waals surface area contributed by atoms with Gasteiger partial charge in [0.15, 0.2) is 0 Å². The highest BCUT2D eigenvalue weighted by atomic mass is 19.3. The van der Waals surface area contributed by atoms with Crippen LogP contribution in [0.4, 0.5) is 13.6 Å². The number of ether oxygens (including phenoxy) is 1. The van der Waals surface area contributed by atoms with Gasteiger partial charge < -0.3 is 10.1 Å². The molecule has 0 spiro atoms. The van der Waals surface area contributed by atoms with Gasteiger partial charge in [0.2, 0.25) is 5.91 Å². The summed E-state index contributed by atoms with van der Waals surface area (Å²) >= 11 is 0. The van der Waals surface area contributed by atoms with E-state index in [1.807, 2.05) is 6.07 Å². The number of rotatable bonds is 2. The van der Waals surface area contributed by atoms with Crippen LogP contribution in [0.5, 0.6) is 0 Å². The van der Waals surface area contributed by atoms with Crippen molar-refractivity contribution in [1.82, 2.24) is 10.2 Å². The minimum Gasteiger partial charge on any atom is -0.445 e. The number of nitrogens with one attached hydrogen (secondary N) is 1. The molecule has 3 rings (SSSR count). The Bertz CT molecular complexity index is 565. The van der Waals surface area contributed by atoms with Gasteiger partial charge in [-0.3, -0.25) is 9.69 Å². The van der Waals surface area contributed by atoms with Gasteiger partial charge in [-0.15, -0.1) is 0 Å². The first-order valence-electron chi connectivity index (χ1n) is 6.62. The van der Waals surface area contributed by atoms with Crippen molar-refractivity contribution in [3.63, 3.8) is 0 Å². The number of benzene rings is 1. The van der Waals surface area contributed by atoms with E-state index >= 15 is 0 Å². The Labute approximate surface area is 119 Å². The van der Waals surface area contributed by atoms with Gasteiger partial charge in [-0.1, -0.05) is 30.3 Å². The van der Waals surface area contributed by atoms with Gasteiger partial charge in [-0.25, -0.2) is 13.6 Å². The summed E-state index contributed by atoms with van der Waals surface area (Å²) in [5.74, 6) is -4.79. The Morgan fingerprint density at radius 2 is 2.10 bits per heavy atom. The number of hydrogen-bond acceptors (Lipinski definition) is 3. The summed E-state index contributed by atoms with van der Waals surface area (Å²) in [5.41, 5.74) is 0.754. The van der Waals surface area contributed by atoms with Gasteiger partial charge in [0.05, 0.1) is 12.5 Å². The summed E-state index contributed by atoms with van der Waals surface area (Å²) < 4.78 is 32.6. The highest BCUT2D eigenvalue weighted by Crippen LogP contribution is 2.40. The first kappa shape index (κ1) is 13.8. The third-order valence-corrected chi connectivity index (χ3v) is 3.85. The first-order chi connectivity index (χ1) is 9.99. The molecular formula is C14H14F2N2O3. The third-order valence-electron chi connectivity index (χ3n) is 3.85. The van der Waals surface area contributed by atoms with E-state index in [-0.39, 0.29) is 13.2 Å². The van der Waals surface area contributed by atoms with Crippen molar-refractivity contribution in [2.45, 2.75) is 18.6 Å². The topological polar surface area (TPSA) is 58.6 Å². The van der Waals surface area contributed by atoms with E-state index in [0.717, 1.165) is 10.5 Å². The second-order valence-electron chi connectivity index (χ2n) is 5.23. The molecule has 0 radical (unpaired) electrons. The van der Waals surface area contributed by atoms with Crippen LogP contribution in [0, 0.1) is 5.92 Å². The number of alkyl halides is 2. The predicted molar refractivity (Wildman–Crippen MR) is 68.6 cm³/mol. The van der Waals surface area contributed by atoms with Crippen molar-refractivity contribution in [3.8, 4) is 0 Å². The molecule has 112 valence electrons. The number of halogens is 2. The smallest absolute Gasteiger partial charge is 0.411 e. The van der Waals surface area contributed by atoms with Gasteiger partial charge in [0.1, 0.15) is 12.6 Å². The minimum absolute atomic E-state index is 0.0131. The maximum absolute atomic E-state index is 13.8. The summed E-state index contributed by atoms with van der Waals surface area (Å²) in [6.07, 6.45) is -0.886. The molecule has 2 aliphatic rings. The minimum atomic E-state index is -3.07. The number of fused-ring (bicyclic) bond motifs is 1. The molecule has 0 bridgehead atoms. The van der Waals surface area contributed by atoms with Crippen molar-refractivity contribution in [2.75, 3.05) is 13.1 Å². The molecule has 0 unspecified atom stereocenters. The lowest BCUT2D eigenvalue weighted by molar-refractivity contribution is -0.123. The lowest BCUT2D eigenvalue weighted by Gasteiger charge is -2.20. The third kappa shape index (κ3) is 2.43. The zero-order chi connectivity index (χ0) is 15.0. The highest BCUT2D eigenvalue weighted by molar-refractivity contribution is 5.89. The zero-order valence-corrected chi connectivity index (χ0v) is 11.1. The molecule has 2 fully saturated rings.